The molecule has 0 heterocycles. The Morgan fingerprint density at radius 2 is 0.552 bits per heavy atom. The molecule has 0 radical (unpaired) electrons. The van der Waals surface area contributed by atoms with Gasteiger partial charge in [-0.15, -0.1) is 0 Å². The van der Waals surface area contributed by atoms with Crippen LogP contribution < -0.4 is 0 Å². The molecule has 8 nitrogen and oxygen atoms in total. The van der Waals surface area contributed by atoms with Crippen molar-refractivity contribution in [3.05, 3.63) is 0 Å². The Hall–Kier alpha value is -2.12. The highest BCUT2D eigenvalue weighted by molar-refractivity contribution is 5.71. The molecular weight excluding hydrogens is 729 g/mol. The lowest BCUT2D eigenvalue weighted by Crippen LogP contribution is -2.30. The molecule has 0 aromatic rings. The number of aliphatic carboxylic acids is 1. The van der Waals surface area contributed by atoms with Crippen molar-refractivity contribution in [2.45, 2.75) is 283 Å². The van der Waals surface area contributed by atoms with E-state index in [1.165, 1.54) is 148 Å². The summed E-state index contributed by atoms with van der Waals surface area (Å²) in [6.07, 6.45) is 44.4. The lowest BCUT2D eigenvalue weighted by molar-refractivity contribution is -0.167. The van der Waals surface area contributed by atoms with Gasteiger partial charge >= 0.3 is 23.9 Å². The zero-order valence-electron chi connectivity index (χ0n) is 38.3. The van der Waals surface area contributed by atoms with E-state index in [4.69, 9.17) is 19.3 Å². The van der Waals surface area contributed by atoms with E-state index in [1.54, 1.807) is 0 Å². The molecule has 0 unspecified atom stereocenters. The third-order valence-corrected chi connectivity index (χ3v) is 11.4. The van der Waals surface area contributed by atoms with Gasteiger partial charge in [-0.25, -0.2) is 0 Å². The number of unbranched alkanes of at least 4 members (excludes halogenated alkanes) is 34. The summed E-state index contributed by atoms with van der Waals surface area (Å²) in [6.45, 7) is 4.34. The summed E-state index contributed by atoms with van der Waals surface area (Å²) in [7, 11) is 0. The SMILES string of the molecule is CCCCCCCCCCCCCCCC(=O)OCC(COC(=O)CCCCCCCCCCCCCCC)OC(=O)CCCCCCCCCCCCCC(=O)O. The normalized spacial score (nSPS) is 11.3. The van der Waals surface area contributed by atoms with Crippen molar-refractivity contribution in [3.63, 3.8) is 0 Å². The smallest absolute Gasteiger partial charge is 0.306 e. The molecule has 0 aliphatic rings. The Bertz CT molecular complexity index is 875. The second-order valence-corrected chi connectivity index (χ2v) is 17.2. The van der Waals surface area contributed by atoms with E-state index in [0.717, 1.165) is 89.9 Å². The molecule has 0 aliphatic carbocycles. The Balaban J connectivity index is 4.32. The van der Waals surface area contributed by atoms with Crippen molar-refractivity contribution in [1.29, 1.82) is 0 Å². The van der Waals surface area contributed by atoms with Gasteiger partial charge in [0, 0.05) is 25.7 Å². The number of esters is 3. The number of rotatable bonds is 47. The summed E-state index contributed by atoms with van der Waals surface area (Å²) in [5.41, 5.74) is 0. The molecule has 342 valence electrons. The second-order valence-electron chi connectivity index (χ2n) is 17.2. The fourth-order valence-corrected chi connectivity index (χ4v) is 7.59. The van der Waals surface area contributed by atoms with Crippen molar-refractivity contribution in [1.82, 2.24) is 0 Å². The van der Waals surface area contributed by atoms with E-state index in [2.05, 4.69) is 13.8 Å². The van der Waals surface area contributed by atoms with Crippen LogP contribution in [0.2, 0.25) is 0 Å². The van der Waals surface area contributed by atoms with E-state index in [-0.39, 0.29) is 37.5 Å². The van der Waals surface area contributed by atoms with Crippen molar-refractivity contribution in [2.24, 2.45) is 0 Å². The van der Waals surface area contributed by atoms with Crippen LogP contribution in [0.4, 0.5) is 0 Å². The number of carboxylic acids is 1. The van der Waals surface area contributed by atoms with Crippen LogP contribution in [0.3, 0.4) is 0 Å². The molecule has 0 aromatic carbocycles. The third-order valence-electron chi connectivity index (χ3n) is 11.4. The lowest BCUT2D eigenvalue weighted by Gasteiger charge is -2.18. The molecular formula is C50H94O8. The van der Waals surface area contributed by atoms with Gasteiger partial charge in [-0.05, 0) is 25.7 Å². The fourth-order valence-electron chi connectivity index (χ4n) is 7.59. The summed E-state index contributed by atoms with van der Waals surface area (Å²) < 4.78 is 16.7. The number of carboxylic acid groups (broad SMARTS) is 1. The highest BCUT2D eigenvalue weighted by Crippen LogP contribution is 2.16. The van der Waals surface area contributed by atoms with E-state index >= 15 is 0 Å². The topological polar surface area (TPSA) is 116 Å². The Morgan fingerprint density at radius 3 is 0.810 bits per heavy atom. The van der Waals surface area contributed by atoms with Crippen LogP contribution >= 0.6 is 0 Å². The molecule has 0 rings (SSSR count). The molecule has 0 spiro atoms. The molecule has 0 fully saturated rings. The predicted octanol–water partition coefficient (Wildman–Crippen LogP) is 15.1. The Kier molecular flexibility index (Phi) is 44.3. The molecule has 0 amide bonds. The van der Waals surface area contributed by atoms with E-state index in [1.807, 2.05) is 0 Å². The fraction of sp³-hybridized carbons (Fsp3) is 0.920. The maximum Gasteiger partial charge on any atom is 0.306 e. The predicted molar refractivity (Wildman–Crippen MR) is 240 cm³/mol. The maximum atomic E-state index is 12.7. The van der Waals surface area contributed by atoms with Crippen LogP contribution in [0, 0.1) is 0 Å². The van der Waals surface area contributed by atoms with Gasteiger partial charge in [-0.1, -0.05) is 226 Å². The van der Waals surface area contributed by atoms with E-state index in [0.29, 0.717) is 19.3 Å². The molecule has 0 atom stereocenters. The summed E-state index contributed by atoms with van der Waals surface area (Å²) in [6, 6.07) is 0. The molecule has 1 N–H and O–H groups in total. The first kappa shape index (κ1) is 55.9. The molecule has 0 aromatic heterocycles. The van der Waals surface area contributed by atoms with Gasteiger partial charge in [0.2, 0.25) is 0 Å². The summed E-state index contributed by atoms with van der Waals surface area (Å²) >= 11 is 0. The maximum absolute atomic E-state index is 12.7. The zero-order valence-corrected chi connectivity index (χ0v) is 38.3. The number of ether oxygens (including phenoxy) is 3. The molecule has 0 bridgehead atoms. The molecule has 8 heteroatoms. The average molecular weight is 823 g/mol. The number of carbonyl (C=O) groups is 4. The average Bonchev–Trinajstić information content (AvgIpc) is 3.21. The van der Waals surface area contributed by atoms with Crippen molar-refractivity contribution >= 4 is 23.9 Å². The van der Waals surface area contributed by atoms with Gasteiger partial charge in [-0.3, -0.25) is 19.2 Å². The summed E-state index contributed by atoms with van der Waals surface area (Å²) in [5.74, 6) is -1.63. The molecule has 58 heavy (non-hydrogen) atoms. The highest BCUT2D eigenvalue weighted by Gasteiger charge is 2.19. The minimum atomic E-state index is -0.789. The van der Waals surface area contributed by atoms with Gasteiger partial charge in [0.05, 0.1) is 0 Å². The van der Waals surface area contributed by atoms with Crippen LogP contribution in [-0.2, 0) is 33.4 Å². The molecule has 0 aliphatic heterocycles. The number of hydrogen-bond acceptors (Lipinski definition) is 7. The standard InChI is InChI=1S/C50H94O8/c1-3-5-7-9-11-13-15-17-21-25-29-33-37-41-48(53)56-44-46(45-57-49(54)42-38-34-30-26-22-18-16-14-12-10-8-6-4-2)58-50(55)43-39-35-31-27-23-19-20-24-28-32-36-40-47(51)52/h46H,3-45H2,1-2H3,(H,51,52). The van der Waals surface area contributed by atoms with Gasteiger partial charge in [0.25, 0.3) is 0 Å². The Labute approximate surface area is 357 Å². The Morgan fingerprint density at radius 1 is 0.328 bits per heavy atom. The van der Waals surface area contributed by atoms with Gasteiger partial charge in [-0.2, -0.15) is 0 Å². The monoisotopic (exact) mass is 823 g/mol. The van der Waals surface area contributed by atoms with Crippen LogP contribution in [0.25, 0.3) is 0 Å². The zero-order chi connectivity index (χ0) is 42.4. The minimum Gasteiger partial charge on any atom is -0.481 e. The van der Waals surface area contributed by atoms with Gasteiger partial charge in [0.15, 0.2) is 6.10 Å². The van der Waals surface area contributed by atoms with Gasteiger partial charge in [0.1, 0.15) is 13.2 Å². The second kappa shape index (κ2) is 46.0. The quantitative estimate of drug-likeness (QED) is 0.0366. The first-order valence-electron chi connectivity index (χ1n) is 25.1. The van der Waals surface area contributed by atoms with Gasteiger partial charge < -0.3 is 19.3 Å². The lowest BCUT2D eigenvalue weighted by atomic mass is 10.0. The third kappa shape index (κ3) is 45.0. The van der Waals surface area contributed by atoms with E-state index < -0.39 is 12.1 Å². The van der Waals surface area contributed by atoms with Crippen molar-refractivity contribution in [2.75, 3.05) is 13.2 Å². The van der Waals surface area contributed by atoms with Crippen LogP contribution in [-0.4, -0.2) is 48.3 Å². The number of hydrogen-bond donors (Lipinski definition) is 1. The van der Waals surface area contributed by atoms with Crippen LogP contribution in [0.1, 0.15) is 277 Å². The van der Waals surface area contributed by atoms with Crippen LogP contribution in [0.5, 0.6) is 0 Å². The molecule has 0 saturated carbocycles. The first-order valence-corrected chi connectivity index (χ1v) is 25.1. The van der Waals surface area contributed by atoms with E-state index in [9.17, 15) is 19.2 Å². The highest BCUT2D eigenvalue weighted by atomic mass is 16.6. The van der Waals surface area contributed by atoms with Crippen LogP contribution in [0.15, 0.2) is 0 Å². The summed E-state index contributed by atoms with van der Waals surface area (Å²) in [4.78, 5) is 48.4. The molecule has 0 saturated heterocycles. The largest absolute Gasteiger partial charge is 0.481 e. The summed E-state index contributed by atoms with van der Waals surface area (Å²) in [5, 5.41) is 8.72. The van der Waals surface area contributed by atoms with Crippen molar-refractivity contribution in [3.8, 4) is 0 Å². The first-order chi connectivity index (χ1) is 28.4. The minimum absolute atomic E-state index is 0.0887. The van der Waals surface area contributed by atoms with Crippen molar-refractivity contribution < 1.29 is 38.5 Å². The number of carbonyl (C=O) groups excluding carboxylic acids is 3.